The van der Waals surface area contributed by atoms with E-state index >= 15 is 0 Å². The maximum Gasteiger partial charge on any atom is 0.286 e. The second-order valence-electron chi connectivity index (χ2n) is 9.00. The normalized spacial score (nSPS) is 18.8. The molecule has 2 N–H and O–H groups in total. The molecule has 0 saturated carbocycles. The van der Waals surface area contributed by atoms with Gasteiger partial charge in [-0.15, -0.1) is 0 Å². The molecule has 7 nitrogen and oxygen atoms in total. The fourth-order valence-electron chi connectivity index (χ4n) is 4.93. The summed E-state index contributed by atoms with van der Waals surface area (Å²) < 4.78 is 5.75. The van der Waals surface area contributed by atoms with E-state index < -0.39 is 0 Å². The van der Waals surface area contributed by atoms with Gasteiger partial charge in [0.1, 0.15) is 5.58 Å². The summed E-state index contributed by atoms with van der Waals surface area (Å²) in [6.45, 7) is 6.83. The molecule has 7 heteroatoms. The molecule has 0 spiro atoms. The molecule has 0 aliphatic carbocycles. The molecule has 0 bridgehead atoms. The molecule has 2 aliphatic rings. The first-order valence-electron chi connectivity index (χ1n) is 11.7. The van der Waals surface area contributed by atoms with Crippen molar-refractivity contribution in [1.82, 2.24) is 10.2 Å². The number of rotatable bonds is 5. The van der Waals surface area contributed by atoms with Gasteiger partial charge in [0.05, 0.1) is 0 Å². The van der Waals surface area contributed by atoms with E-state index in [2.05, 4.69) is 32.6 Å². The number of benzene rings is 2. The van der Waals surface area contributed by atoms with Crippen LogP contribution in [-0.2, 0) is 17.6 Å². The smallest absolute Gasteiger partial charge is 0.286 e. The molecule has 1 saturated heterocycles. The van der Waals surface area contributed by atoms with Gasteiger partial charge in [0.25, 0.3) is 5.91 Å². The highest BCUT2D eigenvalue weighted by Crippen LogP contribution is 2.31. The van der Waals surface area contributed by atoms with Gasteiger partial charge >= 0.3 is 0 Å². The monoisotopic (exact) mass is 446 g/mol. The standard InChI is InChI=1S/C26H30N4O3/c1-17-15-19-18(5-3-6-21(19)28-25(17)31)9-10-29-11-13-30(14-12-29)22-7-4-8-23-20(22)16-24(33-23)26(32)27-2/h3-8,16-17H,9-15H2,1-2H3,(H,27,32)(H,28,31). The molecule has 2 amide bonds. The zero-order valence-electron chi connectivity index (χ0n) is 19.2. The van der Waals surface area contributed by atoms with Gasteiger partial charge in [-0.1, -0.05) is 25.1 Å². The number of carbonyl (C=O) groups excluding carboxylic acids is 2. The third-order valence-electron chi connectivity index (χ3n) is 6.89. The summed E-state index contributed by atoms with van der Waals surface area (Å²) >= 11 is 0. The average Bonchev–Trinajstić information content (AvgIpc) is 3.28. The van der Waals surface area contributed by atoms with Gasteiger partial charge in [0.15, 0.2) is 5.76 Å². The third-order valence-corrected chi connectivity index (χ3v) is 6.89. The summed E-state index contributed by atoms with van der Waals surface area (Å²) in [7, 11) is 1.61. The molecular weight excluding hydrogens is 416 g/mol. The van der Waals surface area contributed by atoms with Gasteiger partial charge in [-0.25, -0.2) is 0 Å². The van der Waals surface area contributed by atoms with E-state index in [0.717, 1.165) is 67.9 Å². The topological polar surface area (TPSA) is 77.8 Å². The SMILES string of the molecule is CNC(=O)c1cc2c(N3CCN(CCc4cccc5c4CC(C)C(=O)N5)CC3)cccc2o1. The Hall–Kier alpha value is -3.32. The number of nitrogens with zero attached hydrogens (tertiary/aromatic N) is 2. The highest BCUT2D eigenvalue weighted by molar-refractivity contribution is 6.00. The van der Waals surface area contributed by atoms with Crippen LogP contribution >= 0.6 is 0 Å². The molecule has 1 atom stereocenters. The van der Waals surface area contributed by atoms with Crippen molar-refractivity contribution in [2.75, 3.05) is 50.0 Å². The van der Waals surface area contributed by atoms with Crippen molar-refractivity contribution in [3.8, 4) is 0 Å². The van der Waals surface area contributed by atoms with E-state index in [1.165, 1.54) is 11.1 Å². The minimum atomic E-state index is -0.209. The highest BCUT2D eigenvalue weighted by atomic mass is 16.3. The van der Waals surface area contributed by atoms with Gasteiger partial charge in [0, 0.05) is 62.5 Å². The fourth-order valence-corrected chi connectivity index (χ4v) is 4.93. The van der Waals surface area contributed by atoms with Crippen LogP contribution in [0.2, 0.25) is 0 Å². The number of amides is 2. The van der Waals surface area contributed by atoms with Crippen LogP contribution in [0.5, 0.6) is 0 Å². The lowest BCUT2D eigenvalue weighted by atomic mass is 9.90. The molecule has 5 rings (SSSR count). The summed E-state index contributed by atoms with van der Waals surface area (Å²) in [6.07, 6.45) is 1.80. The van der Waals surface area contributed by atoms with E-state index in [0.29, 0.717) is 5.76 Å². The largest absolute Gasteiger partial charge is 0.451 e. The van der Waals surface area contributed by atoms with Crippen molar-refractivity contribution in [2.24, 2.45) is 5.92 Å². The van der Waals surface area contributed by atoms with Crippen LogP contribution in [-0.4, -0.2) is 56.5 Å². The van der Waals surface area contributed by atoms with Crippen molar-refractivity contribution in [1.29, 1.82) is 0 Å². The van der Waals surface area contributed by atoms with Crippen molar-refractivity contribution in [3.05, 3.63) is 59.4 Å². The number of piperazine rings is 1. The lowest BCUT2D eigenvalue weighted by Crippen LogP contribution is -2.47. The van der Waals surface area contributed by atoms with Crippen molar-refractivity contribution in [2.45, 2.75) is 19.8 Å². The Morgan fingerprint density at radius 1 is 1.15 bits per heavy atom. The molecule has 3 heterocycles. The summed E-state index contributed by atoms with van der Waals surface area (Å²) in [5.41, 5.74) is 5.47. The molecule has 2 aromatic carbocycles. The Labute approximate surface area is 193 Å². The zero-order chi connectivity index (χ0) is 22.9. The Balaban J connectivity index is 1.23. The number of hydrogen-bond acceptors (Lipinski definition) is 5. The quantitative estimate of drug-likeness (QED) is 0.629. The predicted octanol–water partition coefficient (Wildman–Crippen LogP) is 3.29. The number of fused-ring (bicyclic) bond motifs is 2. The van der Waals surface area contributed by atoms with E-state index in [4.69, 9.17) is 4.42 Å². The van der Waals surface area contributed by atoms with E-state index in [1.807, 2.05) is 37.3 Å². The fraction of sp³-hybridized carbons (Fsp3) is 0.385. The Morgan fingerprint density at radius 2 is 1.94 bits per heavy atom. The number of anilines is 2. The Morgan fingerprint density at radius 3 is 2.73 bits per heavy atom. The first-order chi connectivity index (χ1) is 16.0. The maximum absolute atomic E-state index is 12.0. The average molecular weight is 447 g/mol. The summed E-state index contributed by atoms with van der Waals surface area (Å²) in [4.78, 5) is 28.9. The summed E-state index contributed by atoms with van der Waals surface area (Å²) in [6, 6.07) is 14.1. The number of furan rings is 1. The lowest BCUT2D eigenvalue weighted by molar-refractivity contribution is -0.119. The predicted molar refractivity (Wildman–Crippen MR) is 130 cm³/mol. The van der Waals surface area contributed by atoms with E-state index in [1.54, 1.807) is 7.05 Å². The molecular formula is C26H30N4O3. The van der Waals surface area contributed by atoms with Crippen LogP contribution in [0.1, 0.15) is 28.6 Å². The van der Waals surface area contributed by atoms with Crippen molar-refractivity contribution < 1.29 is 14.0 Å². The Kier molecular flexibility index (Phi) is 5.81. The van der Waals surface area contributed by atoms with E-state index in [-0.39, 0.29) is 17.7 Å². The second kappa shape index (κ2) is 8.90. The highest BCUT2D eigenvalue weighted by Gasteiger charge is 2.25. The minimum Gasteiger partial charge on any atom is -0.451 e. The van der Waals surface area contributed by atoms with Crippen LogP contribution in [0, 0.1) is 5.92 Å². The number of nitrogens with one attached hydrogen (secondary N) is 2. The van der Waals surface area contributed by atoms with Gasteiger partial charge in [-0.2, -0.15) is 0 Å². The van der Waals surface area contributed by atoms with Gasteiger partial charge in [-0.05, 0) is 48.2 Å². The molecule has 3 aromatic rings. The van der Waals surface area contributed by atoms with Crippen molar-refractivity contribution in [3.63, 3.8) is 0 Å². The van der Waals surface area contributed by atoms with Crippen LogP contribution in [0.4, 0.5) is 11.4 Å². The van der Waals surface area contributed by atoms with Crippen LogP contribution in [0.15, 0.2) is 46.9 Å². The number of carbonyl (C=O) groups is 2. The first kappa shape index (κ1) is 21.5. The molecule has 2 aliphatic heterocycles. The van der Waals surface area contributed by atoms with Gasteiger partial charge < -0.3 is 20.0 Å². The zero-order valence-corrected chi connectivity index (χ0v) is 19.2. The molecule has 1 aromatic heterocycles. The van der Waals surface area contributed by atoms with Crippen LogP contribution < -0.4 is 15.5 Å². The van der Waals surface area contributed by atoms with Gasteiger partial charge in [-0.3, -0.25) is 14.5 Å². The second-order valence-corrected chi connectivity index (χ2v) is 9.00. The van der Waals surface area contributed by atoms with Crippen LogP contribution in [0.3, 0.4) is 0 Å². The number of hydrogen-bond donors (Lipinski definition) is 2. The molecule has 0 radical (unpaired) electrons. The molecule has 1 fully saturated rings. The van der Waals surface area contributed by atoms with Crippen LogP contribution in [0.25, 0.3) is 11.0 Å². The summed E-state index contributed by atoms with van der Waals surface area (Å²) in [5.74, 6) is 0.275. The minimum absolute atomic E-state index is 0.0248. The molecule has 33 heavy (non-hydrogen) atoms. The van der Waals surface area contributed by atoms with E-state index in [9.17, 15) is 9.59 Å². The molecule has 1 unspecified atom stereocenters. The van der Waals surface area contributed by atoms with Gasteiger partial charge in [0.2, 0.25) is 5.91 Å². The molecule has 172 valence electrons. The summed E-state index contributed by atoms with van der Waals surface area (Å²) in [5, 5.41) is 6.65. The van der Waals surface area contributed by atoms with Crippen molar-refractivity contribution >= 4 is 34.2 Å². The lowest BCUT2D eigenvalue weighted by Gasteiger charge is -2.36. The Bertz CT molecular complexity index is 1190. The first-order valence-corrected chi connectivity index (χ1v) is 11.7. The third kappa shape index (κ3) is 4.20. The maximum atomic E-state index is 12.0.